The van der Waals surface area contributed by atoms with Gasteiger partial charge in [-0.25, -0.2) is 0 Å². The van der Waals surface area contributed by atoms with Crippen molar-refractivity contribution in [2.45, 2.75) is 19.8 Å². The lowest BCUT2D eigenvalue weighted by molar-refractivity contribution is -0.128. The number of piperidine rings is 1. The Balaban J connectivity index is 1.60. The molecule has 0 aliphatic carbocycles. The molecule has 0 unspecified atom stereocenters. The number of amides is 1. The van der Waals surface area contributed by atoms with E-state index < -0.39 is 0 Å². The number of rotatable bonds is 4. The molecule has 1 N–H and O–H groups in total. The zero-order valence-electron chi connectivity index (χ0n) is 13.2. The van der Waals surface area contributed by atoms with Crippen molar-refractivity contribution >= 4 is 12.0 Å². The Morgan fingerprint density at radius 3 is 2.86 bits per heavy atom. The first-order valence-corrected chi connectivity index (χ1v) is 8.20. The highest BCUT2D eigenvalue weighted by atomic mass is 16.5. The number of para-hydroxylation sites is 1. The lowest BCUT2D eigenvalue weighted by Gasteiger charge is -2.33. The van der Waals surface area contributed by atoms with Crippen LogP contribution in [-0.4, -0.2) is 43.6 Å². The zero-order chi connectivity index (χ0) is 15.4. The van der Waals surface area contributed by atoms with Gasteiger partial charge in [0, 0.05) is 18.7 Å². The normalized spacial score (nSPS) is 18.4. The number of hydrogen-bond donors (Lipinski definition) is 1. The van der Waals surface area contributed by atoms with Crippen molar-refractivity contribution in [1.82, 2.24) is 10.2 Å². The van der Waals surface area contributed by atoms with E-state index in [0.29, 0.717) is 12.5 Å². The minimum atomic E-state index is 0.136. The van der Waals surface area contributed by atoms with Gasteiger partial charge in [0.2, 0.25) is 0 Å². The number of likely N-dealkylation sites (tertiary alicyclic amines) is 1. The summed E-state index contributed by atoms with van der Waals surface area (Å²) in [6.45, 7) is 6.31. The molecule has 4 nitrogen and oxygen atoms in total. The molecule has 1 saturated heterocycles. The minimum absolute atomic E-state index is 0.136. The van der Waals surface area contributed by atoms with Gasteiger partial charge in [0.1, 0.15) is 12.4 Å². The average Bonchev–Trinajstić information content (AvgIpc) is 2.59. The van der Waals surface area contributed by atoms with Gasteiger partial charge < -0.3 is 15.0 Å². The molecule has 2 aliphatic rings. The second-order valence-electron chi connectivity index (χ2n) is 6.04. The molecule has 1 aromatic rings. The van der Waals surface area contributed by atoms with Crippen molar-refractivity contribution in [2.75, 3.05) is 32.8 Å². The fourth-order valence-corrected chi connectivity index (χ4v) is 3.13. The maximum atomic E-state index is 12.6. The van der Waals surface area contributed by atoms with Gasteiger partial charge in [0.15, 0.2) is 0 Å². The number of fused-ring (bicyclic) bond motifs is 1. The summed E-state index contributed by atoms with van der Waals surface area (Å²) in [6.07, 6.45) is 4.15. The molecule has 3 rings (SSSR count). The van der Waals surface area contributed by atoms with E-state index in [2.05, 4.69) is 12.2 Å². The van der Waals surface area contributed by atoms with Gasteiger partial charge in [-0.2, -0.15) is 0 Å². The summed E-state index contributed by atoms with van der Waals surface area (Å²) < 4.78 is 5.70. The minimum Gasteiger partial charge on any atom is -0.488 e. The lowest BCUT2D eigenvalue weighted by atomic mass is 9.96. The van der Waals surface area contributed by atoms with Crippen LogP contribution in [0.1, 0.15) is 25.3 Å². The Morgan fingerprint density at radius 2 is 2.09 bits per heavy atom. The molecule has 0 atom stereocenters. The second-order valence-corrected chi connectivity index (χ2v) is 6.04. The Morgan fingerprint density at radius 1 is 1.32 bits per heavy atom. The maximum absolute atomic E-state index is 12.6. The molecule has 0 spiro atoms. The van der Waals surface area contributed by atoms with Gasteiger partial charge >= 0.3 is 0 Å². The highest BCUT2D eigenvalue weighted by Gasteiger charge is 2.26. The number of ether oxygens (including phenoxy) is 1. The molecule has 0 aromatic heterocycles. The summed E-state index contributed by atoms with van der Waals surface area (Å²) in [5.74, 6) is 1.70. The quantitative estimate of drug-likeness (QED) is 0.928. The fourth-order valence-electron chi connectivity index (χ4n) is 3.13. The Kier molecular flexibility index (Phi) is 4.78. The van der Waals surface area contributed by atoms with Crippen molar-refractivity contribution in [3.05, 3.63) is 35.4 Å². The van der Waals surface area contributed by atoms with Gasteiger partial charge in [0.05, 0.1) is 5.57 Å². The molecule has 1 amide bonds. The largest absolute Gasteiger partial charge is 0.488 e. The van der Waals surface area contributed by atoms with Crippen LogP contribution in [0, 0.1) is 5.92 Å². The molecular formula is C18H24N2O2. The van der Waals surface area contributed by atoms with E-state index in [1.54, 1.807) is 0 Å². The predicted octanol–water partition coefficient (Wildman–Crippen LogP) is 2.31. The van der Waals surface area contributed by atoms with Gasteiger partial charge in [0.25, 0.3) is 5.91 Å². The standard InChI is InChI=1S/C18H24N2O2/c1-2-19-12-14-7-9-20(10-8-14)18(21)16-11-15-5-3-4-6-17(15)22-13-16/h3-6,11,14,19H,2,7-10,12-13H2,1H3. The summed E-state index contributed by atoms with van der Waals surface area (Å²) in [7, 11) is 0. The summed E-state index contributed by atoms with van der Waals surface area (Å²) in [5, 5.41) is 3.40. The number of benzene rings is 1. The topological polar surface area (TPSA) is 41.6 Å². The van der Waals surface area contributed by atoms with Crippen LogP contribution in [0.5, 0.6) is 5.75 Å². The van der Waals surface area contributed by atoms with E-state index >= 15 is 0 Å². The van der Waals surface area contributed by atoms with Crippen molar-refractivity contribution in [2.24, 2.45) is 5.92 Å². The van der Waals surface area contributed by atoms with Crippen LogP contribution < -0.4 is 10.1 Å². The number of hydrogen-bond acceptors (Lipinski definition) is 3. The van der Waals surface area contributed by atoms with Gasteiger partial charge in [-0.15, -0.1) is 0 Å². The highest BCUT2D eigenvalue weighted by molar-refractivity contribution is 5.99. The maximum Gasteiger partial charge on any atom is 0.253 e. The van der Waals surface area contributed by atoms with Gasteiger partial charge in [-0.1, -0.05) is 25.1 Å². The molecule has 2 heterocycles. The Labute approximate surface area is 132 Å². The van der Waals surface area contributed by atoms with Crippen LogP contribution in [0.2, 0.25) is 0 Å². The van der Waals surface area contributed by atoms with Crippen molar-refractivity contribution < 1.29 is 9.53 Å². The Bertz CT molecular complexity index is 560. The lowest BCUT2D eigenvalue weighted by Crippen LogP contribution is -2.42. The summed E-state index contributed by atoms with van der Waals surface area (Å²) in [5.41, 5.74) is 1.77. The molecular weight excluding hydrogens is 276 g/mol. The van der Waals surface area contributed by atoms with Crippen LogP contribution in [0.3, 0.4) is 0 Å². The highest BCUT2D eigenvalue weighted by Crippen LogP contribution is 2.27. The molecule has 22 heavy (non-hydrogen) atoms. The van der Waals surface area contributed by atoms with Crippen molar-refractivity contribution in [1.29, 1.82) is 0 Å². The molecule has 0 bridgehead atoms. The van der Waals surface area contributed by atoms with E-state index in [4.69, 9.17) is 4.74 Å². The zero-order valence-corrected chi connectivity index (χ0v) is 13.2. The van der Waals surface area contributed by atoms with Crippen molar-refractivity contribution in [3.63, 3.8) is 0 Å². The monoisotopic (exact) mass is 300 g/mol. The fraction of sp³-hybridized carbons (Fsp3) is 0.500. The first-order valence-electron chi connectivity index (χ1n) is 8.20. The van der Waals surface area contributed by atoms with Crippen LogP contribution in [-0.2, 0) is 4.79 Å². The van der Waals surface area contributed by atoms with E-state index in [1.165, 1.54) is 0 Å². The molecule has 4 heteroatoms. The SMILES string of the molecule is CCNCC1CCN(C(=O)C2=Cc3ccccc3OC2)CC1. The third-order valence-corrected chi connectivity index (χ3v) is 4.49. The number of nitrogens with one attached hydrogen (secondary N) is 1. The summed E-state index contributed by atoms with van der Waals surface area (Å²) in [4.78, 5) is 14.6. The van der Waals surface area contributed by atoms with E-state index in [-0.39, 0.29) is 5.91 Å². The molecule has 118 valence electrons. The van der Waals surface area contributed by atoms with Gasteiger partial charge in [-0.3, -0.25) is 4.79 Å². The van der Waals surface area contributed by atoms with E-state index in [0.717, 1.165) is 55.9 Å². The van der Waals surface area contributed by atoms with Crippen LogP contribution >= 0.6 is 0 Å². The van der Waals surface area contributed by atoms with E-state index in [9.17, 15) is 4.79 Å². The first kappa shape index (κ1) is 15.1. The summed E-state index contributed by atoms with van der Waals surface area (Å²) in [6, 6.07) is 7.86. The average molecular weight is 300 g/mol. The molecule has 2 aliphatic heterocycles. The molecule has 0 radical (unpaired) electrons. The molecule has 0 saturated carbocycles. The third kappa shape index (κ3) is 3.33. The second kappa shape index (κ2) is 6.97. The van der Waals surface area contributed by atoms with Crippen LogP contribution in [0.15, 0.2) is 29.8 Å². The van der Waals surface area contributed by atoms with Crippen molar-refractivity contribution in [3.8, 4) is 5.75 Å². The Hall–Kier alpha value is -1.81. The molecule has 1 aromatic carbocycles. The number of carbonyl (C=O) groups excluding carboxylic acids is 1. The van der Waals surface area contributed by atoms with Gasteiger partial charge in [-0.05, 0) is 44.0 Å². The third-order valence-electron chi connectivity index (χ3n) is 4.49. The molecule has 1 fully saturated rings. The van der Waals surface area contributed by atoms with Crippen LogP contribution in [0.4, 0.5) is 0 Å². The first-order chi connectivity index (χ1) is 10.8. The summed E-state index contributed by atoms with van der Waals surface area (Å²) >= 11 is 0. The smallest absolute Gasteiger partial charge is 0.253 e. The number of nitrogens with zero attached hydrogens (tertiary/aromatic N) is 1. The predicted molar refractivity (Wildman–Crippen MR) is 87.8 cm³/mol. The van der Waals surface area contributed by atoms with E-state index in [1.807, 2.05) is 35.2 Å². The van der Waals surface area contributed by atoms with Crippen LogP contribution in [0.25, 0.3) is 6.08 Å². The number of carbonyl (C=O) groups is 1.